The van der Waals surface area contributed by atoms with E-state index in [2.05, 4.69) is 41.0 Å². The Kier molecular flexibility index (Phi) is 6.97. The second-order valence-electron chi connectivity index (χ2n) is 10.8. The first kappa shape index (κ1) is 24.1. The zero-order valence-electron chi connectivity index (χ0n) is 21.0. The van der Waals surface area contributed by atoms with E-state index >= 15 is 0 Å². The van der Waals surface area contributed by atoms with Gasteiger partial charge in [0.2, 0.25) is 5.91 Å². The first-order valence-electron chi connectivity index (χ1n) is 13.5. The highest BCUT2D eigenvalue weighted by molar-refractivity contribution is 5.98. The van der Waals surface area contributed by atoms with Gasteiger partial charge in [0.1, 0.15) is 0 Å². The van der Waals surface area contributed by atoms with Gasteiger partial charge >= 0.3 is 0 Å². The lowest BCUT2D eigenvalue weighted by atomic mass is 9.67. The fourth-order valence-electron chi connectivity index (χ4n) is 7.07. The fraction of sp³-hybridized carbons (Fsp3) is 0.533. The lowest BCUT2D eigenvalue weighted by Gasteiger charge is -2.37. The number of unbranched alkanes of at least 4 members (excludes halogenated alkanes) is 1. The second kappa shape index (κ2) is 10.1. The smallest absolute Gasteiger partial charge is 0.254 e. The molecule has 35 heavy (non-hydrogen) atoms. The Labute approximate surface area is 209 Å². The van der Waals surface area contributed by atoms with Crippen molar-refractivity contribution in [2.24, 2.45) is 11.7 Å². The van der Waals surface area contributed by atoms with Gasteiger partial charge in [-0.25, -0.2) is 0 Å². The van der Waals surface area contributed by atoms with Crippen LogP contribution < -0.4 is 5.73 Å². The van der Waals surface area contributed by atoms with Crippen LogP contribution in [0.4, 0.5) is 0 Å². The van der Waals surface area contributed by atoms with Crippen LogP contribution in [0.2, 0.25) is 0 Å². The van der Waals surface area contributed by atoms with E-state index in [1.165, 1.54) is 16.7 Å². The minimum absolute atomic E-state index is 0.144. The summed E-state index contributed by atoms with van der Waals surface area (Å²) in [6.07, 6.45) is 8.21. The van der Waals surface area contributed by atoms with Crippen LogP contribution in [-0.4, -0.2) is 47.3 Å². The van der Waals surface area contributed by atoms with Gasteiger partial charge in [-0.1, -0.05) is 62.2 Å². The van der Waals surface area contributed by atoms with Crippen molar-refractivity contribution in [3.05, 3.63) is 70.8 Å². The van der Waals surface area contributed by atoms with E-state index in [0.717, 1.165) is 83.1 Å². The summed E-state index contributed by atoms with van der Waals surface area (Å²) in [5.41, 5.74) is 10.1. The molecule has 186 valence electrons. The van der Waals surface area contributed by atoms with Crippen molar-refractivity contribution in [1.82, 2.24) is 9.80 Å². The molecular formula is C30H39N3O2. The Balaban J connectivity index is 1.10. The molecule has 0 radical (unpaired) electrons. The molecule has 1 saturated heterocycles. The molecule has 2 unspecified atom stereocenters. The Morgan fingerprint density at radius 2 is 1.77 bits per heavy atom. The van der Waals surface area contributed by atoms with E-state index < -0.39 is 5.41 Å². The molecule has 2 atom stereocenters. The molecule has 2 N–H and O–H groups in total. The normalized spacial score (nSPS) is 23.3. The third-order valence-corrected chi connectivity index (χ3v) is 9.04. The van der Waals surface area contributed by atoms with E-state index in [4.69, 9.17) is 5.73 Å². The summed E-state index contributed by atoms with van der Waals surface area (Å²) in [6.45, 7) is 6.18. The molecule has 5 rings (SSSR count). The minimum atomic E-state index is -0.496. The topological polar surface area (TPSA) is 66.6 Å². The standard InChI is InChI=1S/C30H39N3O2/c1-2-24(30(29(31)35)17-14-22-9-4-6-13-27(22)30)11-7-8-18-32-19-15-25(16-20-32)33-21-23-10-3-5-12-26(23)28(33)34/h3-6,9-10,12-13,24-25H,2,7-8,11,14-21H2,1H3,(H2,31,35). The van der Waals surface area contributed by atoms with Crippen LogP contribution in [0.5, 0.6) is 0 Å². The average molecular weight is 474 g/mol. The summed E-state index contributed by atoms with van der Waals surface area (Å²) in [4.78, 5) is 30.3. The predicted octanol–water partition coefficient (Wildman–Crippen LogP) is 4.67. The molecule has 2 heterocycles. The Morgan fingerprint density at radius 1 is 1.06 bits per heavy atom. The first-order chi connectivity index (χ1) is 17.0. The molecule has 2 amide bonds. The maximum absolute atomic E-state index is 12.8. The second-order valence-corrected chi connectivity index (χ2v) is 10.8. The number of carbonyl (C=O) groups is 2. The van der Waals surface area contributed by atoms with Gasteiger partial charge in [-0.15, -0.1) is 0 Å². The predicted molar refractivity (Wildman–Crippen MR) is 139 cm³/mol. The van der Waals surface area contributed by atoms with E-state index in [-0.39, 0.29) is 11.8 Å². The van der Waals surface area contributed by atoms with Crippen LogP contribution in [0.1, 0.15) is 78.9 Å². The number of fused-ring (bicyclic) bond motifs is 2. The summed E-state index contributed by atoms with van der Waals surface area (Å²) < 4.78 is 0. The summed E-state index contributed by atoms with van der Waals surface area (Å²) >= 11 is 0. The Morgan fingerprint density at radius 3 is 2.49 bits per heavy atom. The Hall–Kier alpha value is -2.66. The lowest BCUT2D eigenvalue weighted by Crippen LogP contribution is -2.46. The average Bonchev–Trinajstić information content (AvgIpc) is 3.44. The monoisotopic (exact) mass is 473 g/mol. The summed E-state index contributed by atoms with van der Waals surface area (Å²) in [6, 6.07) is 16.8. The van der Waals surface area contributed by atoms with Crippen molar-refractivity contribution in [3.8, 4) is 0 Å². The highest BCUT2D eigenvalue weighted by Gasteiger charge is 2.48. The number of nitrogens with two attached hydrogens (primary N) is 1. The molecule has 1 aliphatic carbocycles. The summed E-state index contributed by atoms with van der Waals surface area (Å²) in [5, 5.41) is 0. The number of hydrogen-bond acceptors (Lipinski definition) is 3. The fourth-order valence-corrected chi connectivity index (χ4v) is 7.07. The van der Waals surface area contributed by atoms with Crippen LogP contribution in [-0.2, 0) is 23.2 Å². The molecule has 5 heteroatoms. The van der Waals surface area contributed by atoms with E-state index in [9.17, 15) is 9.59 Å². The number of hydrogen-bond donors (Lipinski definition) is 1. The molecule has 0 saturated carbocycles. The number of benzene rings is 2. The zero-order chi connectivity index (χ0) is 24.4. The molecule has 3 aliphatic rings. The van der Waals surface area contributed by atoms with Crippen molar-refractivity contribution in [2.45, 2.75) is 76.3 Å². The van der Waals surface area contributed by atoms with Gasteiger partial charge in [0, 0.05) is 31.2 Å². The summed E-state index contributed by atoms with van der Waals surface area (Å²) in [5.74, 6) is 0.369. The van der Waals surface area contributed by atoms with E-state index in [0.29, 0.717) is 12.0 Å². The maximum Gasteiger partial charge on any atom is 0.254 e. The molecule has 1 fully saturated rings. The SMILES string of the molecule is CCC(CCCCN1CCC(N2Cc3ccccc3C2=O)CC1)C1(C(N)=O)CCc2ccccc21. The number of nitrogens with zero attached hydrogens (tertiary/aromatic N) is 2. The maximum atomic E-state index is 12.8. The number of rotatable bonds is 9. The minimum Gasteiger partial charge on any atom is -0.369 e. The number of piperidine rings is 1. The van der Waals surface area contributed by atoms with Crippen LogP contribution in [0.3, 0.4) is 0 Å². The van der Waals surface area contributed by atoms with E-state index in [1.54, 1.807) is 0 Å². The van der Waals surface area contributed by atoms with Gasteiger partial charge in [-0.2, -0.15) is 0 Å². The van der Waals surface area contributed by atoms with Gasteiger partial charge in [-0.05, 0) is 73.7 Å². The molecule has 2 aromatic rings. The lowest BCUT2D eigenvalue weighted by molar-refractivity contribution is -0.125. The summed E-state index contributed by atoms with van der Waals surface area (Å²) in [7, 11) is 0. The number of primary amides is 1. The van der Waals surface area contributed by atoms with Crippen LogP contribution in [0, 0.1) is 5.92 Å². The van der Waals surface area contributed by atoms with Crippen LogP contribution in [0.25, 0.3) is 0 Å². The molecule has 0 bridgehead atoms. The van der Waals surface area contributed by atoms with Gasteiger partial charge in [0.15, 0.2) is 0 Å². The molecule has 0 spiro atoms. The molecule has 2 aliphatic heterocycles. The largest absolute Gasteiger partial charge is 0.369 e. The Bertz CT molecular complexity index is 1070. The quantitative estimate of drug-likeness (QED) is 0.538. The molecule has 5 nitrogen and oxygen atoms in total. The van der Waals surface area contributed by atoms with Crippen molar-refractivity contribution in [2.75, 3.05) is 19.6 Å². The van der Waals surface area contributed by atoms with Crippen LogP contribution >= 0.6 is 0 Å². The van der Waals surface area contributed by atoms with Crippen molar-refractivity contribution < 1.29 is 9.59 Å². The first-order valence-corrected chi connectivity index (χ1v) is 13.5. The third-order valence-electron chi connectivity index (χ3n) is 9.04. The molecule has 0 aromatic heterocycles. The zero-order valence-corrected chi connectivity index (χ0v) is 21.0. The highest BCUT2D eigenvalue weighted by Crippen LogP contribution is 2.47. The molecular weight excluding hydrogens is 434 g/mol. The number of likely N-dealkylation sites (tertiary alicyclic amines) is 1. The van der Waals surface area contributed by atoms with Gasteiger partial charge in [0.05, 0.1) is 5.41 Å². The van der Waals surface area contributed by atoms with Crippen molar-refractivity contribution >= 4 is 11.8 Å². The highest BCUT2D eigenvalue weighted by atomic mass is 16.2. The number of carbonyl (C=O) groups excluding carboxylic acids is 2. The number of aryl methyl sites for hydroxylation is 1. The molecule has 2 aromatic carbocycles. The van der Waals surface area contributed by atoms with Crippen LogP contribution in [0.15, 0.2) is 48.5 Å². The van der Waals surface area contributed by atoms with Gasteiger partial charge in [-0.3, -0.25) is 9.59 Å². The van der Waals surface area contributed by atoms with Gasteiger partial charge < -0.3 is 15.5 Å². The van der Waals surface area contributed by atoms with E-state index in [1.807, 2.05) is 24.3 Å². The van der Waals surface area contributed by atoms with Gasteiger partial charge in [0.25, 0.3) is 5.91 Å². The van der Waals surface area contributed by atoms with Crippen molar-refractivity contribution in [1.29, 1.82) is 0 Å². The van der Waals surface area contributed by atoms with Crippen molar-refractivity contribution in [3.63, 3.8) is 0 Å². The third kappa shape index (κ3) is 4.40. The number of amides is 2.